The fraction of sp³-hybridized carbons (Fsp3) is 0.292. The summed E-state index contributed by atoms with van der Waals surface area (Å²) >= 11 is 0. The molecular weight excluding hydrogens is 336 g/mol. The molecule has 2 aromatic carbocycles. The van der Waals surface area contributed by atoms with Crippen LogP contribution in [0.5, 0.6) is 5.75 Å². The van der Waals surface area contributed by atoms with Gasteiger partial charge < -0.3 is 9.15 Å². The molecule has 1 heterocycles. The minimum absolute atomic E-state index is 0.300. The molecular formula is C24H26O3. The zero-order chi connectivity index (χ0) is 19.2. The summed E-state index contributed by atoms with van der Waals surface area (Å²) in [5, 5.41) is 0. The van der Waals surface area contributed by atoms with E-state index in [-0.39, 0.29) is 5.97 Å². The quantitative estimate of drug-likeness (QED) is 0.406. The van der Waals surface area contributed by atoms with Gasteiger partial charge in [0, 0.05) is 13.3 Å². The maximum absolute atomic E-state index is 11.7. The molecule has 140 valence electrons. The molecule has 3 aromatic rings. The van der Waals surface area contributed by atoms with Crippen LogP contribution in [-0.2, 0) is 24.1 Å². The van der Waals surface area contributed by atoms with Crippen molar-refractivity contribution in [3.05, 3.63) is 88.9 Å². The van der Waals surface area contributed by atoms with Crippen molar-refractivity contribution < 1.29 is 13.9 Å². The molecule has 0 bridgehead atoms. The van der Waals surface area contributed by atoms with Crippen molar-refractivity contribution in [1.82, 2.24) is 0 Å². The number of carbonyl (C=O) groups excluding carboxylic acids is 1. The van der Waals surface area contributed by atoms with E-state index in [4.69, 9.17) is 9.15 Å². The van der Waals surface area contributed by atoms with Gasteiger partial charge in [0.25, 0.3) is 0 Å². The van der Waals surface area contributed by atoms with E-state index in [1.807, 2.05) is 18.2 Å². The molecule has 0 amide bonds. The molecule has 0 unspecified atom stereocenters. The molecule has 0 aliphatic rings. The summed E-state index contributed by atoms with van der Waals surface area (Å²) in [7, 11) is 0. The number of ether oxygens (including phenoxy) is 1. The Morgan fingerprint density at radius 3 is 2.33 bits per heavy atom. The number of hydrogen-bond donors (Lipinski definition) is 0. The van der Waals surface area contributed by atoms with Crippen LogP contribution in [0.2, 0.25) is 0 Å². The Balaban J connectivity index is 2.02. The van der Waals surface area contributed by atoms with Gasteiger partial charge in [-0.2, -0.15) is 0 Å². The van der Waals surface area contributed by atoms with Crippen LogP contribution >= 0.6 is 0 Å². The second kappa shape index (κ2) is 8.72. The second-order valence-electron chi connectivity index (χ2n) is 7.39. The average Bonchev–Trinajstić information content (AvgIpc) is 3.11. The summed E-state index contributed by atoms with van der Waals surface area (Å²) in [6.07, 6.45) is 5.89. The van der Waals surface area contributed by atoms with Crippen LogP contribution in [0, 0.1) is 5.92 Å². The fourth-order valence-electron chi connectivity index (χ4n) is 3.33. The summed E-state index contributed by atoms with van der Waals surface area (Å²) in [5.41, 5.74) is 5.85. The maximum Gasteiger partial charge on any atom is 0.308 e. The van der Waals surface area contributed by atoms with E-state index in [2.05, 4.69) is 44.2 Å². The van der Waals surface area contributed by atoms with Gasteiger partial charge in [-0.1, -0.05) is 50.2 Å². The minimum Gasteiger partial charge on any atom is -0.472 e. The summed E-state index contributed by atoms with van der Waals surface area (Å²) in [6.45, 7) is 5.89. The summed E-state index contributed by atoms with van der Waals surface area (Å²) < 4.78 is 10.8. The number of benzene rings is 2. The average molecular weight is 362 g/mol. The molecule has 0 saturated heterocycles. The normalized spacial score (nSPS) is 11.0. The van der Waals surface area contributed by atoms with Crippen molar-refractivity contribution in [2.24, 2.45) is 5.92 Å². The van der Waals surface area contributed by atoms with Crippen molar-refractivity contribution in [1.29, 1.82) is 0 Å². The summed E-state index contributed by atoms with van der Waals surface area (Å²) in [4.78, 5) is 11.7. The van der Waals surface area contributed by atoms with Gasteiger partial charge in [-0.3, -0.25) is 4.79 Å². The van der Waals surface area contributed by atoms with Crippen molar-refractivity contribution in [3.8, 4) is 5.75 Å². The Kier molecular flexibility index (Phi) is 6.12. The van der Waals surface area contributed by atoms with Crippen LogP contribution in [0.3, 0.4) is 0 Å². The lowest BCUT2D eigenvalue weighted by Crippen LogP contribution is -2.08. The van der Waals surface area contributed by atoms with Crippen molar-refractivity contribution in [3.63, 3.8) is 0 Å². The molecule has 0 fully saturated rings. The molecule has 3 nitrogen and oxygen atoms in total. The van der Waals surface area contributed by atoms with Gasteiger partial charge in [0.05, 0.1) is 12.5 Å². The first-order valence-corrected chi connectivity index (χ1v) is 9.39. The van der Waals surface area contributed by atoms with Gasteiger partial charge >= 0.3 is 5.97 Å². The molecule has 3 heteroatoms. The highest BCUT2D eigenvalue weighted by Crippen LogP contribution is 2.30. The van der Waals surface area contributed by atoms with Crippen LogP contribution in [0.1, 0.15) is 48.6 Å². The maximum atomic E-state index is 11.7. The van der Waals surface area contributed by atoms with E-state index in [1.54, 1.807) is 12.5 Å². The molecule has 3 rings (SSSR count). The van der Waals surface area contributed by atoms with Gasteiger partial charge in [-0.15, -0.1) is 0 Å². The van der Waals surface area contributed by atoms with E-state index >= 15 is 0 Å². The van der Waals surface area contributed by atoms with Crippen LogP contribution in [0.15, 0.2) is 65.5 Å². The van der Waals surface area contributed by atoms with Crippen LogP contribution < -0.4 is 4.74 Å². The third-order valence-electron chi connectivity index (χ3n) is 4.48. The Morgan fingerprint density at radius 2 is 1.70 bits per heavy atom. The summed E-state index contributed by atoms with van der Waals surface area (Å²) in [5.74, 6) is 0.883. The first kappa shape index (κ1) is 19.0. The van der Waals surface area contributed by atoms with Gasteiger partial charge in [-0.25, -0.2) is 0 Å². The smallest absolute Gasteiger partial charge is 0.308 e. The second-order valence-corrected chi connectivity index (χ2v) is 7.39. The van der Waals surface area contributed by atoms with E-state index in [0.717, 1.165) is 24.0 Å². The van der Waals surface area contributed by atoms with Crippen LogP contribution in [0.25, 0.3) is 0 Å². The molecule has 0 spiro atoms. The zero-order valence-electron chi connectivity index (χ0n) is 16.2. The predicted octanol–water partition coefficient (Wildman–Crippen LogP) is 5.59. The van der Waals surface area contributed by atoms with Crippen LogP contribution in [-0.4, -0.2) is 5.97 Å². The highest BCUT2D eigenvalue weighted by atomic mass is 16.5. The Morgan fingerprint density at radius 1 is 0.963 bits per heavy atom. The molecule has 27 heavy (non-hydrogen) atoms. The lowest BCUT2D eigenvalue weighted by molar-refractivity contribution is -0.131. The Labute approximate surface area is 161 Å². The number of furan rings is 1. The largest absolute Gasteiger partial charge is 0.472 e. The molecule has 0 aliphatic carbocycles. The predicted molar refractivity (Wildman–Crippen MR) is 107 cm³/mol. The monoisotopic (exact) mass is 362 g/mol. The van der Waals surface area contributed by atoms with Crippen LogP contribution in [0.4, 0.5) is 0 Å². The van der Waals surface area contributed by atoms with Gasteiger partial charge in [0.15, 0.2) is 0 Å². The summed E-state index contributed by atoms with van der Waals surface area (Å²) in [6, 6.07) is 16.6. The molecule has 0 aliphatic heterocycles. The van der Waals surface area contributed by atoms with Gasteiger partial charge in [0.2, 0.25) is 0 Å². The van der Waals surface area contributed by atoms with Crippen molar-refractivity contribution in [2.45, 2.75) is 40.0 Å². The lowest BCUT2D eigenvalue weighted by atomic mass is 9.90. The highest BCUT2D eigenvalue weighted by Gasteiger charge is 2.15. The third-order valence-corrected chi connectivity index (χ3v) is 4.48. The number of rotatable bonds is 7. The van der Waals surface area contributed by atoms with E-state index in [1.165, 1.54) is 23.6 Å². The Bertz CT molecular complexity index is 877. The zero-order valence-corrected chi connectivity index (χ0v) is 16.2. The highest BCUT2D eigenvalue weighted by molar-refractivity contribution is 5.70. The standard InChI is InChI=1S/C24H26O3/c1-17(2)11-21-14-23(13-20-9-10-26-16-20)24(27-18(3)25)15-22(21)12-19-7-5-4-6-8-19/h4-10,14-17H,11-13H2,1-3H3. The topological polar surface area (TPSA) is 39.4 Å². The molecule has 0 N–H and O–H groups in total. The molecule has 0 atom stereocenters. The first-order valence-electron chi connectivity index (χ1n) is 9.39. The lowest BCUT2D eigenvalue weighted by Gasteiger charge is -2.17. The third kappa shape index (κ3) is 5.33. The number of esters is 1. The number of carbonyl (C=O) groups is 1. The number of hydrogen-bond acceptors (Lipinski definition) is 3. The fourth-order valence-corrected chi connectivity index (χ4v) is 3.33. The minimum atomic E-state index is -0.300. The molecule has 0 radical (unpaired) electrons. The van der Waals surface area contributed by atoms with Crippen molar-refractivity contribution >= 4 is 5.97 Å². The van der Waals surface area contributed by atoms with Gasteiger partial charge in [-0.05, 0) is 58.7 Å². The SMILES string of the molecule is CC(=O)Oc1cc(Cc2ccccc2)c(CC(C)C)cc1Cc1ccoc1. The first-order chi connectivity index (χ1) is 13.0. The van der Waals surface area contributed by atoms with Crippen molar-refractivity contribution in [2.75, 3.05) is 0 Å². The van der Waals surface area contributed by atoms with Gasteiger partial charge in [0.1, 0.15) is 5.75 Å². The molecule has 1 aromatic heterocycles. The molecule has 0 saturated carbocycles. The van der Waals surface area contributed by atoms with E-state index < -0.39 is 0 Å². The van der Waals surface area contributed by atoms with E-state index in [9.17, 15) is 4.79 Å². The van der Waals surface area contributed by atoms with E-state index in [0.29, 0.717) is 18.1 Å². The Hall–Kier alpha value is -2.81.